The van der Waals surface area contributed by atoms with Crippen LogP contribution in [0.5, 0.6) is 0 Å². The summed E-state index contributed by atoms with van der Waals surface area (Å²) < 4.78 is 1.02. The highest BCUT2D eigenvalue weighted by molar-refractivity contribution is 7.17. The molecule has 6 atom stereocenters. The standard InChI is InChI=1S/C47H61N9O6S/c1-3-5-19-36(42(50)57)52-44(59)37(21-13-14-23-48)53-45(60)38(24-29-15-7-6-8-16-29)55-46(61)39(25-30-27-51-35-20-11-9-17-32(30)35)56-47(62)40(54-43(58)34(49)4-2)26-31-28-63-41-22-12-10-18-33(31)41/h6-12,15-18,20,22,27-28,34,36-40,51H,3-5,13-14,19,21,23-26,48-49H2,1-2H3,(H2,50,57)(H,52,59)(H,53,60)(H,54,58)(H,55,61)(H,56,62)/t34-,36-,37-,38+,39-,40-/m1/s1. The number of fused-ring (bicyclic) bond motifs is 2. The zero-order valence-corrected chi connectivity index (χ0v) is 36.8. The van der Waals surface area contributed by atoms with Gasteiger partial charge in [0, 0.05) is 41.1 Å². The van der Waals surface area contributed by atoms with E-state index in [4.69, 9.17) is 17.2 Å². The predicted molar refractivity (Wildman–Crippen MR) is 247 cm³/mol. The summed E-state index contributed by atoms with van der Waals surface area (Å²) in [5.74, 6) is -3.70. The quantitative estimate of drug-likeness (QED) is 0.0392. The Kier molecular flexibility index (Phi) is 18.2. The molecule has 15 nitrogen and oxygen atoms in total. The first-order valence-corrected chi connectivity index (χ1v) is 22.6. The lowest BCUT2D eigenvalue weighted by atomic mass is 10.00. The van der Waals surface area contributed by atoms with E-state index in [9.17, 15) is 28.8 Å². The molecule has 5 rings (SSSR count). The van der Waals surface area contributed by atoms with Crippen LogP contribution in [0.15, 0.2) is 90.4 Å². The van der Waals surface area contributed by atoms with Gasteiger partial charge in [0.15, 0.2) is 0 Å². The maximum absolute atomic E-state index is 14.7. The number of hydrogen-bond donors (Lipinski definition) is 9. The van der Waals surface area contributed by atoms with Gasteiger partial charge in [-0.3, -0.25) is 28.8 Å². The Bertz CT molecular complexity index is 2310. The zero-order valence-electron chi connectivity index (χ0n) is 36.0. The molecule has 0 spiro atoms. The summed E-state index contributed by atoms with van der Waals surface area (Å²) in [7, 11) is 0. The number of primary amides is 1. The number of hydrogen-bond acceptors (Lipinski definition) is 9. The number of H-pyrrole nitrogens is 1. The molecule has 3 aromatic carbocycles. The Morgan fingerprint density at radius 1 is 0.603 bits per heavy atom. The van der Waals surface area contributed by atoms with Gasteiger partial charge in [-0.25, -0.2) is 0 Å². The first-order valence-electron chi connectivity index (χ1n) is 21.7. The molecule has 2 aromatic heterocycles. The van der Waals surface area contributed by atoms with Gasteiger partial charge in [0.1, 0.15) is 30.2 Å². The number of nitrogens with one attached hydrogen (secondary N) is 6. The van der Waals surface area contributed by atoms with E-state index in [0.717, 1.165) is 44.1 Å². The first kappa shape index (κ1) is 47.9. The minimum absolute atomic E-state index is 0.0220. The zero-order chi connectivity index (χ0) is 45.3. The molecule has 0 aliphatic rings. The van der Waals surface area contributed by atoms with E-state index in [0.29, 0.717) is 38.6 Å². The second-order valence-corrected chi connectivity index (χ2v) is 16.8. The number of carbonyl (C=O) groups is 6. The number of unbranched alkanes of at least 4 members (excludes halogenated alkanes) is 2. The summed E-state index contributed by atoms with van der Waals surface area (Å²) in [5.41, 5.74) is 20.6. The molecule has 0 aliphatic carbocycles. The first-order chi connectivity index (χ1) is 30.4. The van der Waals surface area contributed by atoms with E-state index in [1.807, 2.05) is 91.2 Å². The molecular weight excluding hydrogens is 819 g/mol. The monoisotopic (exact) mass is 879 g/mol. The van der Waals surface area contributed by atoms with Crippen molar-refractivity contribution in [3.63, 3.8) is 0 Å². The normalized spacial score (nSPS) is 14.2. The number of carbonyl (C=O) groups excluding carboxylic acids is 6. The van der Waals surface area contributed by atoms with Gasteiger partial charge in [-0.05, 0) is 78.2 Å². The van der Waals surface area contributed by atoms with Crippen LogP contribution in [0, 0.1) is 0 Å². The highest BCUT2D eigenvalue weighted by atomic mass is 32.1. The van der Waals surface area contributed by atoms with Crippen LogP contribution in [-0.4, -0.2) is 83.2 Å². The molecule has 63 heavy (non-hydrogen) atoms. The molecule has 0 aliphatic heterocycles. The lowest BCUT2D eigenvalue weighted by Crippen LogP contribution is -2.60. The molecule has 0 fully saturated rings. The van der Waals surface area contributed by atoms with Gasteiger partial charge in [0.05, 0.1) is 6.04 Å². The SMILES string of the molecule is CCCC[C@@H](NC(=O)[C@@H](CCCCN)NC(=O)[C@H](Cc1ccccc1)NC(=O)[C@@H](Cc1c[nH]c2ccccc12)NC(=O)[C@@H](Cc1csc2ccccc12)NC(=O)[C@H](N)CC)C(N)=O. The minimum atomic E-state index is -1.24. The maximum Gasteiger partial charge on any atom is 0.243 e. The summed E-state index contributed by atoms with van der Waals surface area (Å²) >= 11 is 1.52. The smallest absolute Gasteiger partial charge is 0.243 e. The number of aromatic nitrogens is 1. The van der Waals surface area contributed by atoms with Crippen LogP contribution in [0.1, 0.15) is 75.5 Å². The highest BCUT2D eigenvalue weighted by Gasteiger charge is 2.33. The molecule has 336 valence electrons. The van der Waals surface area contributed by atoms with Crippen LogP contribution in [-0.2, 0) is 48.0 Å². The van der Waals surface area contributed by atoms with Crippen molar-refractivity contribution < 1.29 is 28.8 Å². The van der Waals surface area contributed by atoms with Crippen molar-refractivity contribution in [2.45, 2.75) is 114 Å². The molecule has 0 saturated heterocycles. The largest absolute Gasteiger partial charge is 0.368 e. The van der Waals surface area contributed by atoms with E-state index >= 15 is 0 Å². The third-order valence-electron chi connectivity index (χ3n) is 11.1. The highest BCUT2D eigenvalue weighted by Crippen LogP contribution is 2.27. The molecule has 0 radical (unpaired) electrons. The van der Waals surface area contributed by atoms with Crippen molar-refractivity contribution >= 4 is 67.8 Å². The predicted octanol–water partition coefficient (Wildman–Crippen LogP) is 3.38. The average molecular weight is 880 g/mol. The number of rotatable bonds is 25. The minimum Gasteiger partial charge on any atom is -0.368 e. The van der Waals surface area contributed by atoms with Crippen LogP contribution in [0.4, 0.5) is 0 Å². The second kappa shape index (κ2) is 23.9. The fraction of sp³-hybridized carbons (Fsp3) is 0.404. The van der Waals surface area contributed by atoms with Crippen LogP contribution in [0.2, 0.25) is 0 Å². The Morgan fingerprint density at radius 2 is 1.14 bits per heavy atom. The fourth-order valence-corrected chi connectivity index (χ4v) is 8.39. The van der Waals surface area contributed by atoms with Crippen LogP contribution in [0.25, 0.3) is 21.0 Å². The Labute approximate surface area is 372 Å². The molecule has 2 heterocycles. The van der Waals surface area contributed by atoms with E-state index in [1.54, 1.807) is 13.1 Å². The van der Waals surface area contributed by atoms with E-state index < -0.39 is 71.7 Å². The summed E-state index contributed by atoms with van der Waals surface area (Å²) in [5, 5.41) is 17.9. The number of nitrogens with two attached hydrogens (primary N) is 3. The fourth-order valence-electron chi connectivity index (χ4n) is 7.42. The van der Waals surface area contributed by atoms with Crippen LogP contribution in [0.3, 0.4) is 0 Å². The van der Waals surface area contributed by atoms with Crippen LogP contribution >= 0.6 is 11.3 Å². The van der Waals surface area contributed by atoms with Crippen molar-refractivity contribution in [3.05, 3.63) is 107 Å². The summed E-state index contributed by atoms with van der Waals surface area (Å²) in [4.78, 5) is 86.1. The summed E-state index contributed by atoms with van der Waals surface area (Å²) in [6, 6.07) is 18.0. The molecule has 6 amide bonds. The summed E-state index contributed by atoms with van der Waals surface area (Å²) in [6.45, 7) is 4.11. The molecule has 12 N–H and O–H groups in total. The third kappa shape index (κ3) is 13.7. The third-order valence-corrected chi connectivity index (χ3v) is 12.1. The average Bonchev–Trinajstić information content (AvgIpc) is 3.90. The summed E-state index contributed by atoms with van der Waals surface area (Å²) in [6.07, 6.45) is 5.40. The number of aromatic amines is 1. The molecule has 0 unspecified atom stereocenters. The van der Waals surface area contributed by atoms with Crippen molar-refractivity contribution in [2.75, 3.05) is 6.54 Å². The number of thiophene rings is 1. The van der Waals surface area contributed by atoms with Crippen LogP contribution < -0.4 is 43.8 Å². The van der Waals surface area contributed by atoms with Gasteiger partial charge >= 0.3 is 0 Å². The lowest BCUT2D eigenvalue weighted by molar-refractivity contribution is -0.135. The number of amides is 6. The van der Waals surface area contributed by atoms with Crippen molar-refractivity contribution in [2.24, 2.45) is 17.2 Å². The topological polar surface area (TPSA) is 256 Å². The Morgan fingerprint density at radius 3 is 1.79 bits per heavy atom. The van der Waals surface area contributed by atoms with Gasteiger partial charge < -0.3 is 48.8 Å². The van der Waals surface area contributed by atoms with E-state index in [-0.39, 0.29) is 25.7 Å². The molecule has 0 bridgehead atoms. The van der Waals surface area contributed by atoms with Gasteiger partial charge in [-0.2, -0.15) is 0 Å². The van der Waals surface area contributed by atoms with Crippen molar-refractivity contribution in [1.29, 1.82) is 0 Å². The molecule has 5 aromatic rings. The van der Waals surface area contributed by atoms with E-state index in [1.165, 1.54) is 11.3 Å². The van der Waals surface area contributed by atoms with Gasteiger partial charge in [-0.1, -0.05) is 93.4 Å². The molecule has 0 saturated carbocycles. The molecular formula is C47H61N9O6S. The Hall–Kier alpha value is -6.10. The van der Waals surface area contributed by atoms with Gasteiger partial charge in [-0.15, -0.1) is 11.3 Å². The van der Waals surface area contributed by atoms with Crippen molar-refractivity contribution in [1.82, 2.24) is 31.6 Å². The number of benzene rings is 3. The van der Waals surface area contributed by atoms with Gasteiger partial charge in [0.2, 0.25) is 35.4 Å². The van der Waals surface area contributed by atoms with E-state index in [2.05, 4.69) is 31.6 Å². The second-order valence-electron chi connectivity index (χ2n) is 15.9. The van der Waals surface area contributed by atoms with Gasteiger partial charge in [0.25, 0.3) is 0 Å². The number of para-hydroxylation sites is 1. The van der Waals surface area contributed by atoms with Crippen molar-refractivity contribution in [3.8, 4) is 0 Å². The Balaban J connectivity index is 1.46. The molecule has 16 heteroatoms. The lowest BCUT2D eigenvalue weighted by Gasteiger charge is -2.27. The maximum atomic E-state index is 14.7.